The van der Waals surface area contributed by atoms with E-state index in [9.17, 15) is 9.59 Å². The van der Waals surface area contributed by atoms with Crippen molar-refractivity contribution in [1.82, 2.24) is 0 Å². The molecule has 0 bridgehead atoms. The SMILES string of the molecule is COc1ccc([C@@H]2CC(=O)c3c(C)cc4oc(=O)cc(C)c4c3O2)cc1. The quantitative estimate of drug-likeness (QED) is 0.650. The molecule has 26 heavy (non-hydrogen) atoms. The molecular weight excluding hydrogens is 332 g/mol. The maximum atomic E-state index is 12.8. The summed E-state index contributed by atoms with van der Waals surface area (Å²) in [6.45, 7) is 3.65. The number of rotatable bonds is 2. The highest BCUT2D eigenvalue weighted by atomic mass is 16.5. The maximum absolute atomic E-state index is 12.8. The molecule has 0 saturated heterocycles. The molecule has 3 aromatic rings. The summed E-state index contributed by atoms with van der Waals surface area (Å²) >= 11 is 0. The largest absolute Gasteiger partial charge is 0.497 e. The van der Waals surface area contributed by atoms with Crippen LogP contribution >= 0.6 is 0 Å². The standard InChI is InChI=1S/C21H18O5/c1-11-8-17-20(12(2)9-18(23)25-17)21-19(11)15(22)10-16(26-21)13-4-6-14(24-3)7-5-13/h4-9,16H,10H2,1-3H3/t16-/m0/s1. The van der Waals surface area contributed by atoms with Gasteiger partial charge < -0.3 is 13.9 Å². The molecule has 0 unspecified atom stereocenters. The van der Waals surface area contributed by atoms with Gasteiger partial charge in [0.25, 0.3) is 0 Å². The average Bonchev–Trinajstić information content (AvgIpc) is 2.60. The fraction of sp³-hybridized carbons (Fsp3) is 0.238. The normalized spacial score (nSPS) is 16.3. The van der Waals surface area contributed by atoms with E-state index in [4.69, 9.17) is 13.9 Å². The molecule has 0 saturated carbocycles. The van der Waals surface area contributed by atoms with Gasteiger partial charge in [-0.2, -0.15) is 0 Å². The average molecular weight is 350 g/mol. The molecule has 1 aromatic heterocycles. The topological polar surface area (TPSA) is 65.7 Å². The van der Waals surface area contributed by atoms with Gasteiger partial charge in [-0.05, 0) is 48.7 Å². The minimum Gasteiger partial charge on any atom is -0.497 e. The molecule has 0 N–H and O–H groups in total. The lowest BCUT2D eigenvalue weighted by molar-refractivity contribution is 0.0852. The Labute approximate surface area is 150 Å². The van der Waals surface area contributed by atoms with Crippen LogP contribution in [0.15, 0.2) is 45.6 Å². The summed E-state index contributed by atoms with van der Waals surface area (Å²) in [4.78, 5) is 24.5. The van der Waals surface area contributed by atoms with Gasteiger partial charge in [-0.3, -0.25) is 4.79 Å². The van der Waals surface area contributed by atoms with Crippen molar-refractivity contribution >= 4 is 16.8 Å². The van der Waals surface area contributed by atoms with E-state index >= 15 is 0 Å². The van der Waals surface area contributed by atoms with Crippen molar-refractivity contribution in [3.05, 3.63) is 69.1 Å². The van der Waals surface area contributed by atoms with Gasteiger partial charge in [-0.15, -0.1) is 0 Å². The fourth-order valence-electron chi connectivity index (χ4n) is 3.52. The highest BCUT2D eigenvalue weighted by Gasteiger charge is 2.31. The lowest BCUT2D eigenvalue weighted by Gasteiger charge is -2.28. The minimum atomic E-state index is -0.414. The number of ketones is 1. The molecule has 0 radical (unpaired) electrons. The first-order valence-corrected chi connectivity index (χ1v) is 8.40. The van der Waals surface area contributed by atoms with Crippen molar-refractivity contribution in [2.24, 2.45) is 0 Å². The zero-order valence-corrected chi connectivity index (χ0v) is 14.8. The first kappa shape index (κ1) is 16.4. The lowest BCUT2D eigenvalue weighted by Crippen LogP contribution is -2.22. The summed E-state index contributed by atoms with van der Waals surface area (Å²) in [5.41, 5.74) is 2.97. The predicted molar refractivity (Wildman–Crippen MR) is 97.3 cm³/mol. The predicted octanol–water partition coefficient (Wildman–Crippen LogP) is 4.12. The summed E-state index contributed by atoms with van der Waals surface area (Å²) in [7, 11) is 1.61. The Kier molecular flexibility index (Phi) is 3.80. The number of hydrogen-bond donors (Lipinski definition) is 0. The number of hydrogen-bond acceptors (Lipinski definition) is 5. The fourth-order valence-corrected chi connectivity index (χ4v) is 3.52. The molecule has 1 atom stereocenters. The number of benzene rings is 2. The first-order valence-electron chi connectivity index (χ1n) is 8.40. The Bertz CT molecular complexity index is 1080. The molecule has 0 aliphatic carbocycles. The minimum absolute atomic E-state index is 0.0251. The van der Waals surface area contributed by atoms with E-state index in [1.54, 1.807) is 13.2 Å². The second kappa shape index (κ2) is 6.02. The van der Waals surface area contributed by atoms with E-state index in [0.717, 1.165) is 22.4 Å². The molecule has 5 nitrogen and oxygen atoms in total. The summed E-state index contributed by atoms with van der Waals surface area (Å²) < 4.78 is 16.8. The van der Waals surface area contributed by atoms with Crippen molar-refractivity contribution in [3.8, 4) is 11.5 Å². The van der Waals surface area contributed by atoms with Gasteiger partial charge >= 0.3 is 5.63 Å². The van der Waals surface area contributed by atoms with Gasteiger partial charge in [0.05, 0.1) is 24.5 Å². The number of fused-ring (bicyclic) bond motifs is 3. The van der Waals surface area contributed by atoms with Gasteiger partial charge in [0.1, 0.15) is 23.2 Å². The van der Waals surface area contributed by atoms with Crippen LogP contribution in [0.3, 0.4) is 0 Å². The van der Waals surface area contributed by atoms with Crippen molar-refractivity contribution in [2.45, 2.75) is 26.4 Å². The van der Waals surface area contributed by atoms with E-state index < -0.39 is 11.7 Å². The Balaban J connectivity index is 1.88. The molecule has 1 aliphatic rings. The molecule has 2 aromatic carbocycles. The zero-order valence-electron chi connectivity index (χ0n) is 14.8. The first-order chi connectivity index (χ1) is 12.5. The van der Waals surface area contributed by atoms with Crippen LogP contribution in [-0.2, 0) is 0 Å². The van der Waals surface area contributed by atoms with Crippen LogP contribution in [0.2, 0.25) is 0 Å². The Morgan fingerprint density at radius 3 is 2.46 bits per heavy atom. The summed E-state index contributed by atoms with van der Waals surface area (Å²) in [6.07, 6.45) is -0.126. The van der Waals surface area contributed by atoms with Crippen LogP contribution in [0.1, 0.15) is 39.6 Å². The van der Waals surface area contributed by atoms with Crippen LogP contribution < -0.4 is 15.1 Å². The van der Waals surface area contributed by atoms with Crippen molar-refractivity contribution < 1.29 is 18.7 Å². The van der Waals surface area contributed by atoms with Crippen molar-refractivity contribution in [1.29, 1.82) is 0 Å². The number of ether oxygens (including phenoxy) is 2. The maximum Gasteiger partial charge on any atom is 0.336 e. The highest BCUT2D eigenvalue weighted by Crippen LogP contribution is 2.42. The Hall–Kier alpha value is -3.08. The molecule has 4 rings (SSSR count). The van der Waals surface area contributed by atoms with Gasteiger partial charge in [-0.1, -0.05) is 12.1 Å². The van der Waals surface area contributed by atoms with Gasteiger partial charge in [0.2, 0.25) is 0 Å². The van der Waals surface area contributed by atoms with Gasteiger partial charge in [0, 0.05) is 6.07 Å². The van der Waals surface area contributed by atoms with E-state index in [0.29, 0.717) is 22.3 Å². The number of aryl methyl sites for hydroxylation is 2. The van der Waals surface area contributed by atoms with Gasteiger partial charge in [0.15, 0.2) is 5.78 Å². The van der Waals surface area contributed by atoms with Crippen LogP contribution in [-0.4, -0.2) is 12.9 Å². The molecule has 1 aliphatic heterocycles. The third-order valence-corrected chi connectivity index (χ3v) is 4.78. The smallest absolute Gasteiger partial charge is 0.336 e. The summed E-state index contributed by atoms with van der Waals surface area (Å²) in [5, 5.41) is 0.678. The highest BCUT2D eigenvalue weighted by molar-refractivity contribution is 6.07. The summed E-state index contributed by atoms with van der Waals surface area (Å²) in [5.74, 6) is 1.27. The number of carbonyl (C=O) groups is 1. The monoisotopic (exact) mass is 350 g/mol. The van der Waals surface area contributed by atoms with E-state index in [-0.39, 0.29) is 12.2 Å². The third-order valence-electron chi connectivity index (χ3n) is 4.78. The zero-order chi connectivity index (χ0) is 18.4. The molecule has 2 heterocycles. The molecular formula is C21H18O5. The number of Topliss-reactive ketones (excluding diaryl/α,β-unsaturated/α-hetero) is 1. The van der Waals surface area contributed by atoms with Crippen LogP contribution in [0.4, 0.5) is 0 Å². The third kappa shape index (κ3) is 2.56. The molecule has 132 valence electrons. The van der Waals surface area contributed by atoms with E-state index in [2.05, 4.69) is 0 Å². The van der Waals surface area contributed by atoms with E-state index in [1.165, 1.54) is 6.07 Å². The second-order valence-corrected chi connectivity index (χ2v) is 6.53. The van der Waals surface area contributed by atoms with Crippen molar-refractivity contribution in [2.75, 3.05) is 7.11 Å². The number of methoxy groups -OCH3 is 1. The van der Waals surface area contributed by atoms with Crippen LogP contribution in [0, 0.1) is 13.8 Å². The van der Waals surface area contributed by atoms with Gasteiger partial charge in [-0.25, -0.2) is 4.79 Å². The molecule has 0 amide bonds. The second-order valence-electron chi connectivity index (χ2n) is 6.53. The Morgan fingerprint density at radius 2 is 1.77 bits per heavy atom. The lowest BCUT2D eigenvalue weighted by atomic mass is 9.91. The molecule has 0 spiro atoms. The van der Waals surface area contributed by atoms with Crippen LogP contribution in [0.25, 0.3) is 11.0 Å². The summed E-state index contributed by atoms with van der Waals surface area (Å²) in [6, 6.07) is 10.6. The van der Waals surface area contributed by atoms with E-state index in [1.807, 2.05) is 38.1 Å². The van der Waals surface area contributed by atoms with Crippen LogP contribution in [0.5, 0.6) is 11.5 Å². The number of carbonyl (C=O) groups excluding carboxylic acids is 1. The molecule has 5 heteroatoms. The Morgan fingerprint density at radius 1 is 1.04 bits per heavy atom. The van der Waals surface area contributed by atoms with Crippen molar-refractivity contribution in [3.63, 3.8) is 0 Å². The molecule has 0 fully saturated rings.